The lowest BCUT2D eigenvalue weighted by Gasteiger charge is -2.36. The predicted octanol–water partition coefficient (Wildman–Crippen LogP) is 5.75. The molecule has 116 valence electrons. The van der Waals surface area contributed by atoms with Crippen molar-refractivity contribution >= 4 is 5.57 Å². The van der Waals surface area contributed by atoms with E-state index < -0.39 is 0 Å². The lowest BCUT2D eigenvalue weighted by atomic mass is 9.66. The molecule has 0 N–H and O–H groups in total. The molecule has 3 aromatic carbocycles. The zero-order valence-electron chi connectivity index (χ0n) is 13.9. The molecule has 0 bridgehead atoms. The van der Waals surface area contributed by atoms with Gasteiger partial charge in [0.2, 0.25) is 0 Å². The first-order valence-corrected chi connectivity index (χ1v) is 8.77. The van der Waals surface area contributed by atoms with Gasteiger partial charge in [0.25, 0.3) is 0 Å². The Hall–Kier alpha value is -2.60. The number of rotatable bonds is 1. The second kappa shape index (κ2) is 4.95. The van der Waals surface area contributed by atoms with Crippen LogP contribution < -0.4 is 0 Å². The van der Waals surface area contributed by atoms with Crippen LogP contribution in [-0.4, -0.2) is 0 Å². The summed E-state index contributed by atoms with van der Waals surface area (Å²) < 4.78 is 0. The van der Waals surface area contributed by atoms with E-state index in [1.807, 2.05) is 0 Å². The van der Waals surface area contributed by atoms with E-state index in [1.54, 1.807) is 5.57 Å². The highest BCUT2D eigenvalue weighted by atomic mass is 14.5. The molecule has 0 amide bonds. The van der Waals surface area contributed by atoms with Crippen molar-refractivity contribution in [3.05, 3.63) is 112 Å². The Morgan fingerprint density at radius 1 is 0.667 bits per heavy atom. The first kappa shape index (κ1) is 13.8. The zero-order valence-corrected chi connectivity index (χ0v) is 13.9. The van der Waals surface area contributed by atoms with E-state index in [9.17, 15) is 0 Å². The summed E-state index contributed by atoms with van der Waals surface area (Å²) in [5, 5.41) is 0. The summed E-state index contributed by atoms with van der Waals surface area (Å²) >= 11 is 0. The molecule has 0 heteroatoms. The summed E-state index contributed by atoms with van der Waals surface area (Å²) in [5.74, 6) is 0. The molecule has 3 aromatic rings. The maximum absolute atomic E-state index is 2.43. The van der Waals surface area contributed by atoms with Gasteiger partial charge >= 0.3 is 0 Å². The van der Waals surface area contributed by atoms with E-state index >= 15 is 0 Å². The van der Waals surface area contributed by atoms with Gasteiger partial charge < -0.3 is 0 Å². The lowest BCUT2D eigenvalue weighted by molar-refractivity contribution is 0.610. The van der Waals surface area contributed by atoms with E-state index in [0.29, 0.717) is 0 Å². The predicted molar refractivity (Wildman–Crippen MR) is 100 cm³/mol. The molecule has 1 atom stereocenters. The zero-order chi connectivity index (χ0) is 16.1. The quantitative estimate of drug-likeness (QED) is 0.536. The van der Waals surface area contributed by atoms with Gasteiger partial charge in [-0.3, -0.25) is 0 Å². The molecule has 1 unspecified atom stereocenters. The van der Waals surface area contributed by atoms with Crippen LogP contribution in [0.1, 0.15) is 41.2 Å². The fraction of sp³-hybridized carbons (Fsp3) is 0.167. The average molecular weight is 308 g/mol. The van der Waals surface area contributed by atoms with Gasteiger partial charge in [-0.15, -0.1) is 0 Å². The summed E-state index contributed by atoms with van der Waals surface area (Å²) in [5.41, 5.74) is 10.3. The average Bonchev–Trinajstić information content (AvgIpc) is 2.92. The molecule has 0 radical (unpaired) electrons. The highest BCUT2D eigenvalue weighted by Gasteiger charge is 2.45. The molecular weight excluding hydrogens is 288 g/mol. The third-order valence-corrected chi connectivity index (χ3v) is 5.90. The van der Waals surface area contributed by atoms with Crippen molar-refractivity contribution < 1.29 is 0 Å². The molecule has 2 aliphatic rings. The molecule has 0 aliphatic heterocycles. The Morgan fingerprint density at radius 2 is 1.33 bits per heavy atom. The van der Waals surface area contributed by atoms with E-state index in [0.717, 1.165) is 12.8 Å². The summed E-state index contributed by atoms with van der Waals surface area (Å²) in [6, 6.07) is 28.9. The van der Waals surface area contributed by atoms with Crippen LogP contribution in [0.4, 0.5) is 0 Å². The van der Waals surface area contributed by atoms with Crippen LogP contribution in [0, 0.1) is 0 Å². The topological polar surface area (TPSA) is 0 Å². The molecule has 0 spiro atoms. The third-order valence-electron chi connectivity index (χ3n) is 5.90. The number of aryl methyl sites for hydroxylation is 1. The highest BCUT2D eigenvalue weighted by Crippen LogP contribution is 2.56. The fourth-order valence-electron chi connectivity index (χ4n) is 4.82. The number of fused-ring (bicyclic) bond motifs is 5. The van der Waals surface area contributed by atoms with Gasteiger partial charge in [0.15, 0.2) is 0 Å². The molecule has 2 aliphatic carbocycles. The fourth-order valence-corrected chi connectivity index (χ4v) is 4.82. The molecule has 0 saturated carbocycles. The van der Waals surface area contributed by atoms with E-state index in [1.165, 1.54) is 33.4 Å². The SMILES string of the molecule is CC12C(=C(c3ccccc3)c3ccccc31)CCc1ccccc12. The Kier molecular flexibility index (Phi) is 2.84. The van der Waals surface area contributed by atoms with Gasteiger partial charge in [-0.1, -0.05) is 78.9 Å². The summed E-state index contributed by atoms with van der Waals surface area (Å²) in [6.07, 6.45) is 2.29. The Bertz CT molecular complexity index is 962. The van der Waals surface area contributed by atoms with Crippen molar-refractivity contribution in [2.75, 3.05) is 0 Å². The van der Waals surface area contributed by atoms with Gasteiger partial charge in [0.05, 0.1) is 0 Å². The second-order valence-corrected chi connectivity index (χ2v) is 7.05. The van der Waals surface area contributed by atoms with Crippen molar-refractivity contribution in [1.82, 2.24) is 0 Å². The van der Waals surface area contributed by atoms with Gasteiger partial charge in [0.1, 0.15) is 0 Å². The van der Waals surface area contributed by atoms with Gasteiger partial charge in [-0.25, -0.2) is 0 Å². The highest BCUT2D eigenvalue weighted by molar-refractivity contribution is 5.91. The van der Waals surface area contributed by atoms with Crippen LogP contribution in [0.25, 0.3) is 5.57 Å². The second-order valence-electron chi connectivity index (χ2n) is 7.05. The van der Waals surface area contributed by atoms with Crippen LogP contribution in [0.5, 0.6) is 0 Å². The van der Waals surface area contributed by atoms with Crippen LogP contribution in [0.3, 0.4) is 0 Å². The van der Waals surface area contributed by atoms with E-state index in [2.05, 4.69) is 85.8 Å². The Labute approximate surface area is 143 Å². The maximum Gasteiger partial charge on any atom is 0.0401 e. The van der Waals surface area contributed by atoms with Crippen LogP contribution >= 0.6 is 0 Å². The minimum absolute atomic E-state index is 0.0105. The molecular formula is C24H20. The molecule has 24 heavy (non-hydrogen) atoms. The minimum atomic E-state index is 0.0105. The Balaban J connectivity index is 1.88. The molecule has 0 heterocycles. The Morgan fingerprint density at radius 3 is 2.17 bits per heavy atom. The molecule has 0 aromatic heterocycles. The lowest BCUT2D eigenvalue weighted by Crippen LogP contribution is -2.29. The molecule has 0 saturated heterocycles. The van der Waals surface area contributed by atoms with Crippen molar-refractivity contribution in [1.29, 1.82) is 0 Å². The van der Waals surface area contributed by atoms with Crippen LogP contribution in [-0.2, 0) is 11.8 Å². The maximum atomic E-state index is 2.43. The molecule has 0 fully saturated rings. The van der Waals surface area contributed by atoms with Gasteiger partial charge in [-0.2, -0.15) is 0 Å². The minimum Gasteiger partial charge on any atom is -0.0622 e. The number of benzene rings is 3. The van der Waals surface area contributed by atoms with Gasteiger partial charge in [-0.05, 0) is 58.7 Å². The number of allylic oxidation sites excluding steroid dienone is 1. The summed E-state index contributed by atoms with van der Waals surface area (Å²) in [7, 11) is 0. The van der Waals surface area contributed by atoms with Crippen LogP contribution in [0.2, 0.25) is 0 Å². The van der Waals surface area contributed by atoms with Crippen molar-refractivity contribution in [2.24, 2.45) is 0 Å². The standard InChI is InChI=1S/C24H20/c1-24-20-13-7-5-9-17(20)15-16-22(24)23(18-10-3-2-4-11-18)19-12-6-8-14-21(19)24/h2-14H,15-16H2,1H3. The smallest absolute Gasteiger partial charge is 0.0401 e. The largest absolute Gasteiger partial charge is 0.0622 e. The summed E-state index contributed by atoms with van der Waals surface area (Å²) in [6.45, 7) is 2.43. The molecule has 5 rings (SSSR count). The van der Waals surface area contributed by atoms with Gasteiger partial charge in [0, 0.05) is 5.41 Å². The van der Waals surface area contributed by atoms with Crippen molar-refractivity contribution in [3.8, 4) is 0 Å². The monoisotopic (exact) mass is 308 g/mol. The number of hydrogen-bond donors (Lipinski definition) is 0. The van der Waals surface area contributed by atoms with Crippen LogP contribution in [0.15, 0.2) is 84.4 Å². The first-order valence-electron chi connectivity index (χ1n) is 8.77. The third kappa shape index (κ3) is 1.69. The first-order chi connectivity index (χ1) is 11.8. The number of hydrogen-bond acceptors (Lipinski definition) is 0. The molecule has 0 nitrogen and oxygen atoms in total. The van der Waals surface area contributed by atoms with E-state index in [4.69, 9.17) is 0 Å². The van der Waals surface area contributed by atoms with Crippen molar-refractivity contribution in [2.45, 2.75) is 25.2 Å². The van der Waals surface area contributed by atoms with E-state index in [-0.39, 0.29) is 5.41 Å². The van der Waals surface area contributed by atoms with Crippen molar-refractivity contribution in [3.63, 3.8) is 0 Å². The summed E-state index contributed by atoms with van der Waals surface area (Å²) in [4.78, 5) is 0. The normalized spacial score (nSPS) is 21.2.